The van der Waals surface area contributed by atoms with E-state index < -0.39 is 39.9 Å². The van der Waals surface area contributed by atoms with E-state index in [1.165, 1.54) is 50.2 Å². The predicted octanol–water partition coefficient (Wildman–Crippen LogP) is 4.02. The first-order chi connectivity index (χ1) is 15.1. The van der Waals surface area contributed by atoms with E-state index in [0.717, 1.165) is 17.8 Å². The second kappa shape index (κ2) is 11.4. The van der Waals surface area contributed by atoms with Crippen LogP contribution in [0.2, 0.25) is 5.02 Å². The van der Waals surface area contributed by atoms with Crippen LogP contribution in [0.25, 0.3) is 0 Å². The van der Waals surface area contributed by atoms with Crippen molar-refractivity contribution in [2.45, 2.75) is 25.2 Å². The Morgan fingerprint density at radius 2 is 1.81 bits per heavy atom. The van der Waals surface area contributed by atoms with Crippen LogP contribution in [0.5, 0.6) is 0 Å². The van der Waals surface area contributed by atoms with Gasteiger partial charge in [0, 0.05) is 17.8 Å². The molecule has 2 atom stereocenters. The number of halogens is 2. The van der Waals surface area contributed by atoms with Gasteiger partial charge in [-0.3, -0.25) is 24.5 Å². The molecule has 0 heterocycles. The van der Waals surface area contributed by atoms with E-state index in [-0.39, 0.29) is 22.2 Å². The molecule has 0 radical (unpaired) electrons. The summed E-state index contributed by atoms with van der Waals surface area (Å²) in [4.78, 5) is 46.7. The zero-order chi connectivity index (χ0) is 23.8. The lowest BCUT2D eigenvalue weighted by atomic mass is 10.2. The molecule has 0 bridgehead atoms. The molecule has 170 valence electrons. The van der Waals surface area contributed by atoms with Crippen molar-refractivity contribution in [3.8, 4) is 0 Å². The maximum Gasteiger partial charge on any atom is 0.319 e. The van der Waals surface area contributed by atoms with Crippen LogP contribution in [0.15, 0.2) is 42.5 Å². The van der Waals surface area contributed by atoms with Gasteiger partial charge in [0.2, 0.25) is 5.91 Å². The Labute approximate surface area is 191 Å². The van der Waals surface area contributed by atoms with Gasteiger partial charge in [-0.05, 0) is 44.2 Å². The summed E-state index contributed by atoms with van der Waals surface area (Å²) in [6, 6.07) is 8.76. The number of nitro benzene ring substituents is 1. The molecule has 0 spiro atoms. The van der Waals surface area contributed by atoms with Crippen LogP contribution in [0, 0.1) is 15.9 Å². The van der Waals surface area contributed by atoms with E-state index in [9.17, 15) is 28.9 Å². The third-order valence-corrected chi connectivity index (χ3v) is 5.46. The van der Waals surface area contributed by atoms with Gasteiger partial charge in [-0.2, -0.15) is 0 Å². The van der Waals surface area contributed by atoms with Crippen molar-refractivity contribution in [2.75, 3.05) is 16.4 Å². The van der Waals surface area contributed by atoms with Gasteiger partial charge in [0.1, 0.15) is 11.1 Å². The maximum atomic E-state index is 12.9. The number of benzene rings is 2. The van der Waals surface area contributed by atoms with Crippen molar-refractivity contribution >= 4 is 58.2 Å². The Hall–Kier alpha value is -3.18. The summed E-state index contributed by atoms with van der Waals surface area (Å²) in [7, 11) is 0. The first-order valence-electron chi connectivity index (χ1n) is 9.19. The topological polar surface area (TPSA) is 128 Å². The van der Waals surface area contributed by atoms with E-state index >= 15 is 0 Å². The zero-order valence-corrected chi connectivity index (χ0v) is 18.5. The van der Waals surface area contributed by atoms with Gasteiger partial charge in [0.15, 0.2) is 6.10 Å². The number of nitrogens with zero attached hydrogens (tertiary/aromatic N) is 1. The summed E-state index contributed by atoms with van der Waals surface area (Å²) in [5.41, 5.74) is 0.157. The zero-order valence-electron chi connectivity index (χ0n) is 17.0. The Balaban J connectivity index is 1.83. The fourth-order valence-electron chi connectivity index (χ4n) is 2.28. The minimum absolute atomic E-state index is 0.00801. The molecule has 9 nitrogen and oxygen atoms in total. The first-order valence-corrected chi connectivity index (χ1v) is 10.6. The molecular weight excluding hydrogens is 465 g/mol. The minimum Gasteiger partial charge on any atom is -0.452 e. The lowest BCUT2D eigenvalue weighted by Gasteiger charge is -2.17. The van der Waals surface area contributed by atoms with Crippen molar-refractivity contribution in [3.63, 3.8) is 0 Å². The van der Waals surface area contributed by atoms with Crippen LogP contribution in [0.4, 0.5) is 21.5 Å². The summed E-state index contributed by atoms with van der Waals surface area (Å²) >= 11 is 6.93. The number of thioether (sulfide) groups is 1. The average molecular weight is 484 g/mol. The van der Waals surface area contributed by atoms with Crippen molar-refractivity contribution in [2.24, 2.45) is 0 Å². The fourth-order valence-corrected chi connectivity index (χ4v) is 3.11. The number of carbonyl (C=O) groups is 3. The predicted molar refractivity (Wildman–Crippen MR) is 119 cm³/mol. The van der Waals surface area contributed by atoms with Crippen LogP contribution < -0.4 is 10.6 Å². The van der Waals surface area contributed by atoms with Gasteiger partial charge in [-0.1, -0.05) is 11.6 Å². The van der Waals surface area contributed by atoms with Gasteiger partial charge in [-0.25, -0.2) is 4.39 Å². The van der Waals surface area contributed by atoms with Crippen molar-refractivity contribution < 1.29 is 28.4 Å². The number of esters is 1. The summed E-state index contributed by atoms with van der Waals surface area (Å²) in [6.07, 6.45) is -1.21. The standard InChI is InChI=1S/C20H19ClFN3O6S/c1-11(19(27)24-17-9-15(25(29)30)7-8-16(17)21)31-20(28)12(2)32-10-18(26)23-14-5-3-13(22)4-6-14/h3-9,11-12H,10H2,1-2H3,(H,23,26)(H,24,27). The van der Waals surface area contributed by atoms with Crippen molar-refractivity contribution in [3.05, 3.63) is 63.4 Å². The van der Waals surface area contributed by atoms with Crippen LogP contribution in [-0.4, -0.2) is 39.8 Å². The second-order valence-corrected chi connectivity index (χ2v) is 8.23. The van der Waals surface area contributed by atoms with Gasteiger partial charge in [0.05, 0.1) is 21.4 Å². The molecule has 2 aromatic carbocycles. The minimum atomic E-state index is -1.21. The highest BCUT2D eigenvalue weighted by Crippen LogP contribution is 2.27. The van der Waals surface area contributed by atoms with Crippen molar-refractivity contribution in [1.82, 2.24) is 0 Å². The van der Waals surface area contributed by atoms with Crippen LogP contribution in [0.3, 0.4) is 0 Å². The molecule has 2 aromatic rings. The van der Waals surface area contributed by atoms with Crippen molar-refractivity contribution in [1.29, 1.82) is 0 Å². The summed E-state index contributed by atoms with van der Waals surface area (Å²) < 4.78 is 18.0. The number of ether oxygens (including phenoxy) is 1. The van der Waals surface area contributed by atoms with Crippen LogP contribution in [0.1, 0.15) is 13.8 Å². The maximum absolute atomic E-state index is 12.9. The molecule has 2 amide bonds. The lowest BCUT2D eigenvalue weighted by molar-refractivity contribution is -0.384. The SMILES string of the molecule is CC(OC(=O)C(C)SCC(=O)Nc1ccc(F)cc1)C(=O)Nc1cc([N+](=O)[O-])ccc1Cl. The van der Waals surface area contributed by atoms with Gasteiger partial charge >= 0.3 is 5.97 Å². The molecular formula is C20H19ClFN3O6S. The number of hydrogen-bond acceptors (Lipinski definition) is 7. The number of non-ortho nitro benzene ring substituents is 1. The highest BCUT2D eigenvalue weighted by molar-refractivity contribution is 8.01. The number of carbonyl (C=O) groups excluding carboxylic acids is 3. The molecule has 0 fully saturated rings. The molecule has 0 saturated heterocycles. The lowest BCUT2D eigenvalue weighted by Crippen LogP contribution is -2.33. The molecule has 0 aliphatic carbocycles. The highest BCUT2D eigenvalue weighted by atomic mass is 35.5. The van der Waals surface area contributed by atoms with Crippen LogP contribution >= 0.6 is 23.4 Å². The smallest absolute Gasteiger partial charge is 0.319 e. The molecule has 2 N–H and O–H groups in total. The Morgan fingerprint density at radius 1 is 1.16 bits per heavy atom. The van der Waals surface area contributed by atoms with Gasteiger partial charge < -0.3 is 15.4 Å². The second-order valence-electron chi connectivity index (χ2n) is 6.50. The quantitative estimate of drug-likeness (QED) is 0.313. The monoisotopic (exact) mass is 483 g/mol. The van der Waals surface area contributed by atoms with E-state index in [1.807, 2.05) is 0 Å². The molecule has 2 rings (SSSR count). The Kier molecular flexibility index (Phi) is 8.97. The number of anilines is 2. The largest absolute Gasteiger partial charge is 0.452 e. The molecule has 2 unspecified atom stereocenters. The number of nitrogens with one attached hydrogen (secondary N) is 2. The first kappa shape index (κ1) is 25.1. The Morgan fingerprint density at radius 3 is 2.44 bits per heavy atom. The van der Waals surface area contributed by atoms with Gasteiger partial charge in [0.25, 0.3) is 11.6 Å². The third-order valence-electron chi connectivity index (χ3n) is 4.01. The van der Waals surface area contributed by atoms with E-state index in [4.69, 9.17) is 16.3 Å². The van der Waals surface area contributed by atoms with Crippen LogP contribution in [-0.2, 0) is 19.1 Å². The molecule has 32 heavy (non-hydrogen) atoms. The van der Waals surface area contributed by atoms with Gasteiger partial charge in [-0.15, -0.1) is 11.8 Å². The third kappa shape index (κ3) is 7.50. The fraction of sp³-hybridized carbons (Fsp3) is 0.250. The molecule has 0 saturated carbocycles. The number of rotatable bonds is 9. The molecule has 0 aliphatic heterocycles. The highest BCUT2D eigenvalue weighted by Gasteiger charge is 2.24. The molecule has 0 aromatic heterocycles. The molecule has 0 aliphatic rings. The summed E-state index contributed by atoms with van der Waals surface area (Å²) in [5.74, 6) is -2.35. The van der Waals surface area contributed by atoms with E-state index in [0.29, 0.717) is 5.69 Å². The Bertz CT molecular complexity index is 1020. The number of nitro groups is 1. The number of hydrogen-bond donors (Lipinski definition) is 2. The van der Waals surface area contributed by atoms with E-state index in [2.05, 4.69) is 10.6 Å². The summed E-state index contributed by atoms with van der Waals surface area (Å²) in [5, 5.41) is 15.1. The average Bonchev–Trinajstić information content (AvgIpc) is 2.74. The molecule has 12 heteroatoms. The van der Waals surface area contributed by atoms with E-state index in [1.54, 1.807) is 0 Å². The summed E-state index contributed by atoms with van der Waals surface area (Å²) in [6.45, 7) is 2.84. The number of amides is 2. The normalized spacial score (nSPS) is 12.4.